The minimum atomic E-state index is -1.05. The van der Waals surface area contributed by atoms with Crippen LogP contribution in [0, 0.1) is 46.3 Å². The molecule has 4 rings (SSSR count). The Morgan fingerprint density at radius 1 is 1.05 bits per heavy atom. The summed E-state index contributed by atoms with van der Waals surface area (Å²) in [4.78, 5) is 37.1. The van der Waals surface area contributed by atoms with Crippen molar-refractivity contribution in [3.05, 3.63) is 11.6 Å². The molecular weight excluding hydrogens is 492 g/mol. The smallest absolute Gasteiger partial charge is 0.302 e. The maximum absolute atomic E-state index is 13.2. The summed E-state index contributed by atoms with van der Waals surface area (Å²) in [6, 6.07) is 0. The molecule has 6 unspecified atom stereocenters. The van der Waals surface area contributed by atoms with Crippen LogP contribution in [0.4, 0.5) is 0 Å². The fourth-order valence-electron chi connectivity index (χ4n) is 9.52. The third kappa shape index (κ3) is 5.48. The van der Waals surface area contributed by atoms with Gasteiger partial charge in [-0.15, -0.1) is 0 Å². The Kier molecular flexibility index (Phi) is 8.50. The lowest BCUT2D eigenvalue weighted by Gasteiger charge is -2.59. The first-order valence-corrected chi connectivity index (χ1v) is 15.4. The molecule has 0 aromatic heterocycles. The molecule has 0 aromatic rings. The average Bonchev–Trinajstić information content (AvgIpc) is 3.21. The van der Waals surface area contributed by atoms with Crippen molar-refractivity contribution in [2.75, 3.05) is 0 Å². The zero-order valence-electron chi connectivity index (χ0n) is 25.5. The van der Waals surface area contributed by atoms with Crippen molar-refractivity contribution in [2.24, 2.45) is 46.3 Å². The van der Waals surface area contributed by atoms with Crippen LogP contribution in [0.25, 0.3) is 0 Å². The summed E-state index contributed by atoms with van der Waals surface area (Å²) in [5.74, 6) is 0.731. The van der Waals surface area contributed by atoms with E-state index in [2.05, 4.69) is 33.8 Å². The average molecular weight is 545 g/mol. The monoisotopic (exact) mass is 544 g/mol. The van der Waals surface area contributed by atoms with E-state index in [-0.39, 0.29) is 70.9 Å². The lowest BCUT2D eigenvalue weighted by Crippen LogP contribution is -2.56. The Morgan fingerprint density at radius 3 is 2.33 bits per heavy atom. The highest BCUT2D eigenvalue weighted by atomic mass is 16.5. The normalized spacial score (nSPS) is 40.6. The van der Waals surface area contributed by atoms with Crippen molar-refractivity contribution in [1.29, 1.82) is 0 Å². The molecule has 6 nitrogen and oxygen atoms in total. The maximum Gasteiger partial charge on any atom is 0.302 e. The molecule has 6 heteroatoms. The van der Waals surface area contributed by atoms with E-state index in [1.165, 1.54) is 19.4 Å². The van der Waals surface area contributed by atoms with E-state index in [4.69, 9.17) is 9.47 Å². The van der Waals surface area contributed by atoms with Gasteiger partial charge in [0.15, 0.2) is 0 Å². The lowest BCUT2D eigenvalue weighted by atomic mass is 9.47. The van der Waals surface area contributed by atoms with Gasteiger partial charge >= 0.3 is 11.9 Å². The number of hydrogen-bond acceptors (Lipinski definition) is 6. The number of fused-ring (bicyclic) bond motifs is 5. The molecule has 3 saturated carbocycles. The molecule has 4 aliphatic carbocycles. The van der Waals surface area contributed by atoms with Crippen molar-refractivity contribution in [3.8, 4) is 0 Å². The molecule has 0 spiro atoms. The van der Waals surface area contributed by atoms with Crippen molar-refractivity contribution in [3.63, 3.8) is 0 Å². The van der Waals surface area contributed by atoms with Crippen LogP contribution in [0.15, 0.2) is 11.6 Å². The molecular formula is C33H52O6. The van der Waals surface area contributed by atoms with Gasteiger partial charge in [0, 0.05) is 32.1 Å². The number of ether oxygens (including phenoxy) is 2. The van der Waals surface area contributed by atoms with Crippen LogP contribution in [-0.2, 0) is 23.9 Å². The van der Waals surface area contributed by atoms with Gasteiger partial charge in [-0.25, -0.2) is 0 Å². The molecule has 0 saturated heterocycles. The zero-order valence-corrected chi connectivity index (χ0v) is 25.5. The molecule has 39 heavy (non-hydrogen) atoms. The summed E-state index contributed by atoms with van der Waals surface area (Å²) in [5.41, 5.74) is 0.215. The Hall–Kier alpha value is -1.69. The van der Waals surface area contributed by atoms with Gasteiger partial charge in [-0.3, -0.25) is 14.4 Å². The van der Waals surface area contributed by atoms with Gasteiger partial charge in [0.1, 0.15) is 18.0 Å². The van der Waals surface area contributed by atoms with E-state index in [1.54, 1.807) is 0 Å². The topological polar surface area (TPSA) is 89.9 Å². The number of ketones is 1. The highest BCUT2D eigenvalue weighted by Crippen LogP contribution is 2.67. The molecule has 0 amide bonds. The highest BCUT2D eigenvalue weighted by molar-refractivity contribution is 5.82. The van der Waals surface area contributed by atoms with E-state index < -0.39 is 5.60 Å². The SMILES string of the molecule is CC[C@@H](C)[C@H](C)C(=O)C[C@](C)(O)C1CCC2C3C[C@H](OC(C)=O)C4C[C@@H](OC(C)=O)CCC4(C)C3=CCC21C. The highest BCUT2D eigenvalue weighted by Gasteiger charge is 2.62. The number of carbonyl (C=O) groups excluding carboxylic acids is 3. The second kappa shape index (κ2) is 10.9. The maximum atomic E-state index is 13.2. The van der Waals surface area contributed by atoms with Crippen LogP contribution in [0.2, 0.25) is 0 Å². The third-order valence-corrected chi connectivity index (χ3v) is 11.9. The van der Waals surface area contributed by atoms with E-state index >= 15 is 0 Å². The first-order chi connectivity index (χ1) is 18.1. The summed E-state index contributed by atoms with van der Waals surface area (Å²) < 4.78 is 11.6. The van der Waals surface area contributed by atoms with Crippen molar-refractivity contribution in [2.45, 2.75) is 131 Å². The molecule has 0 aromatic carbocycles. The van der Waals surface area contributed by atoms with E-state index in [1.807, 2.05) is 13.8 Å². The van der Waals surface area contributed by atoms with Gasteiger partial charge < -0.3 is 14.6 Å². The first-order valence-electron chi connectivity index (χ1n) is 15.4. The fraction of sp³-hybridized carbons (Fsp3) is 0.848. The van der Waals surface area contributed by atoms with Crippen LogP contribution in [0.5, 0.6) is 0 Å². The number of esters is 2. The number of Topliss-reactive ketones (excluding diaryl/α,β-unsaturated/α-hetero) is 1. The van der Waals surface area contributed by atoms with E-state index in [9.17, 15) is 19.5 Å². The lowest BCUT2D eigenvalue weighted by molar-refractivity contribution is -0.168. The number of hydrogen-bond donors (Lipinski definition) is 1. The number of aliphatic hydroxyl groups is 1. The van der Waals surface area contributed by atoms with Gasteiger partial charge in [0.25, 0.3) is 0 Å². The second-order valence-corrected chi connectivity index (χ2v) is 14.3. The standard InChI is InChI=1S/C33H52O6/c1-9-19(2)20(3)28(36)18-33(8,37)30-11-10-25-24-17-29(39-22(5)35)27-16-23(38-21(4)34)12-14-31(27,6)26(24)13-15-32(25,30)7/h13,19-20,23-25,27,29-30,37H,9-12,14-18H2,1-8H3/t19-,20+,23+,24?,25?,27?,29+,30?,31?,32?,33+/m1/s1. The Bertz CT molecular complexity index is 998. The minimum Gasteiger partial charge on any atom is -0.463 e. The van der Waals surface area contributed by atoms with Gasteiger partial charge in [0.05, 0.1) is 5.60 Å². The summed E-state index contributed by atoms with van der Waals surface area (Å²) in [5, 5.41) is 11.8. The number of rotatable bonds is 8. The Labute approximate surface area is 235 Å². The van der Waals surface area contributed by atoms with Crippen molar-refractivity contribution >= 4 is 17.7 Å². The van der Waals surface area contributed by atoms with E-state index in [0.29, 0.717) is 18.3 Å². The summed E-state index contributed by atoms with van der Waals surface area (Å²) in [6.45, 7) is 15.7. The van der Waals surface area contributed by atoms with Crippen LogP contribution in [0.1, 0.15) is 113 Å². The molecule has 0 radical (unpaired) electrons. The fourth-order valence-corrected chi connectivity index (χ4v) is 9.52. The zero-order chi connectivity index (χ0) is 28.9. The molecule has 4 aliphatic rings. The number of carbonyl (C=O) groups is 3. The molecule has 1 N–H and O–H groups in total. The Morgan fingerprint density at radius 2 is 1.72 bits per heavy atom. The van der Waals surface area contributed by atoms with Crippen LogP contribution < -0.4 is 0 Å². The quantitative estimate of drug-likeness (QED) is 0.280. The van der Waals surface area contributed by atoms with Crippen molar-refractivity contribution < 1.29 is 29.0 Å². The molecule has 11 atom stereocenters. The largest absolute Gasteiger partial charge is 0.463 e. The predicted molar refractivity (Wildman–Crippen MR) is 151 cm³/mol. The van der Waals surface area contributed by atoms with Crippen LogP contribution >= 0.6 is 0 Å². The van der Waals surface area contributed by atoms with Crippen molar-refractivity contribution in [1.82, 2.24) is 0 Å². The molecule has 0 aliphatic heterocycles. The van der Waals surface area contributed by atoms with Gasteiger partial charge in [0.2, 0.25) is 0 Å². The van der Waals surface area contributed by atoms with Crippen LogP contribution in [0.3, 0.4) is 0 Å². The minimum absolute atomic E-state index is 0.0401. The molecule has 220 valence electrons. The third-order valence-electron chi connectivity index (χ3n) is 11.9. The predicted octanol–water partition coefficient (Wildman–Crippen LogP) is 6.43. The number of allylic oxidation sites excluding steroid dienone is 2. The second-order valence-electron chi connectivity index (χ2n) is 14.3. The molecule has 3 fully saturated rings. The Balaban J connectivity index is 1.61. The summed E-state index contributed by atoms with van der Waals surface area (Å²) >= 11 is 0. The molecule has 0 heterocycles. The van der Waals surface area contributed by atoms with E-state index in [0.717, 1.165) is 44.9 Å². The summed E-state index contributed by atoms with van der Waals surface area (Å²) in [7, 11) is 0. The van der Waals surface area contributed by atoms with Gasteiger partial charge in [-0.05, 0) is 86.4 Å². The molecule has 0 bridgehead atoms. The van der Waals surface area contributed by atoms with Gasteiger partial charge in [-0.2, -0.15) is 0 Å². The van der Waals surface area contributed by atoms with Crippen LogP contribution in [-0.4, -0.2) is 40.6 Å². The summed E-state index contributed by atoms with van der Waals surface area (Å²) in [6.07, 6.45) is 9.29. The first kappa shape index (κ1) is 30.3. The van der Waals surface area contributed by atoms with Gasteiger partial charge in [-0.1, -0.05) is 52.7 Å².